The smallest absolute Gasteiger partial charge is 0.411 e. The Morgan fingerprint density at radius 3 is 2.53 bits per heavy atom. The molecule has 5 heteroatoms. The molecule has 2 aliphatic rings. The first-order valence-corrected chi connectivity index (χ1v) is 6.09. The number of rotatable bonds is 1. The van der Waals surface area contributed by atoms with Crippen LogP contribution in [0, 0.1) is 0 Å². The summed E-state index contributed by atoms with van der Waals surface area (Å²) in [6.07, 6.45) is 4.85. The van der Waals surface area contributed by atoms with Gasteiger partial charge in [0.25, 0.3) is 0 Å². The third kappa shape index (κ3) is 2.10. The maximum absolute atomic E-state index is 12.2. The third-order valence-corrected chi connectivity index (χ3v) is 3.55. The van der Waals surface area contributed by atoms with Crippen molar-refractivity contribution < 1.29 is 14.7 Å². The molecular weight excluding hydrogens is 220 g/mol. The Bertz CT molecular complexity index is 338. The zero-order valence-corrected chi connectivity index (χ0v) is 10.6. The minimum absolute atomic E-state index is 0.239. The molecule has 1 amide bonds. The second-order valence-corrected chi connectivity index (χ2v) is 5.93. The summed E-state index contributed by atoms with van der Waals surface area (Å²) in [6, 6.07) is 0.239. The van der Waals surface area contributed by atoms with Gasteiger partial charge in [0, 0.05) is 6.04 Å². The van der Waals surface area contributed by atoms with Crippen LogP contribution in [0.3, 0.4) is 0 Å². The quantitative estimate of drug-likeness (QED) is 0.435. The van der Waals surface area contributed by atoms with Crippen molar-refractivity contribution in [2.45, 2.75) is 63.6 Å². The summed E-state index contributed by atoms with van der Waals surface area (Å²) < 4.78 is 5.42. The van der Waals surface area contributed by atoms with Gasteiger partial charge in [0.2, 0.25) is 0 Å². The minimum Gasteiger partial charge on any atom is -0.444 e. The molecule has 2 bridgehead atoms. The van der Waals surface area contributed by atoms with E-state index in [1.165, 1.54) is 6.21 Å². The lowest BCUT2D eigenvalue weighted by molar-refractivity contribution is 0.0173. The van der Waals surface area contributed by atoms with Crippen molar-refractivity contribution in [1.29, 1.82) is 0 Å². The van der Waals surface area contributed by atoms with Gasteiger partial charge in [-0.1, -0.05) is 5.16 Å². The van der Waals surface area contributed by atoms with Crippen molar-refractivity contribution in [3.05, 3.63) is 0 Å². The van der Waals surface area contributed by atoms with Crippen LogP contribution in [0.25, 0.3) is 0 Å². The summed E-state index contributed by atoms with van der Waals surface area (Å²) in [5.74, 6) is 0. The first kappa shape index (κ1) is 12.2. The van der Waals surface area contributed by atoms with Crippen molar-refractivity contribution in [1.82, 2.24) is 4.90 Å². The fourth-order valence-corrected chi connectivity index (χ4v) is 2.91. The van der Waals surface area contributed by atoms with Gasteiger partial charge in [0.15, 0.2) is 0 Å². The highest BCUT2D eigenvalue weighted by Gasteiger charge is 2.54. The standard InChI is InChI=1S/C12H20N2O3/c1-11(2,3)17-10(15)14-9-4-6-12(14,7-5-9)8-13-16/h8-9,16H,4-7H2,1-3H3. The molecule has 0 radical (unpaired) electrons. The van der Waals surface area contributed by atoms with E-state index in [-0.39, 0.29) is 12.1 Å². The van der Waals surface area contributed by atoms with Crippen molar-refractivity contribution >= 4 is 12.3 Å². The Labute approximate surface area is 101 Å². The van der Waals surface area contributed by atoms with E-state index in [0.717, 1.165) is 25.7 Å². The lowest BCUT2D eigenvalue weighted by Crippen LogP contribution is -2.48. The van der Waals surface area contributed by atoms with E-state index >= 15 is 0 Å². The van der Waals surface area contributed by atoms with Crippen LogP contribution in [0.5, 0.6) is 0 Å². The fraction of sp³-hybridized carbons (Fsp3) is 0.833. The Morgan fingerprint density at radius 1 is 1.47 bits per heavy atom. The molecule has 2 rings (SSSR count). The summed E-state index contributed by atoms with van der Waals surface area (Å²) in [6.45, 7) is 5.57. The molecule has 0 aromatic rings. The van der Waals surface area contributed by atoms with E-state index in [4.69, 9.17) is 9.94 Å². The Kier molecular flexibility index (Phi) is 2.79. The Morgan fingerprint density at radius 2 is 2.06 bits per heavy atom. The summed E-state index contributed by atoms with van der Waals surface area (Å²) in [5, 5.41) is 11.9. The average Bonchev–Trinajstić information content (AvgIpc) is 2.69. The summed E-state index contributed by atoms with van der Waals surface area (Å²) in [5.41, 5.74) is -0.904. The highest BCUT2D eigenvalue weighted by Crippen LogP contribution is 2.45. The van der Waals surface area contributed by atoms with Gasteiger partial charge < -0.3 is 9.94 Å². The van der Waals surface area contributed by atoms with Gasteiger partial charge >= 0.3 is 6.09 Å². The molecule has 2 heterocycles. The first-order valence-electron chi connectivity index (χ1n) is 6.09. The number of hydrogen-bond acceptors (Lipinski definition) is 4. The highest BCUT2D eigenvalue weighted by atomic mass is 16.6. The van der Waals surface area contributed by atoms with Gasteiger partial charge in [0.05, 0.1) is 11.8 Å². The number of nitrogens with zero attached hydrogens (tertiary/aromatic N) is 2. The summed E-state index contributed by atoms with van der Waals surface area (Å²) in [4.78, 5) is 13.9. The second-order valence-electron chi connectivity index (χ2n) is 5.93. The molecule has 0 atom stereocenters. The topological polar surface area (TPSA) is 62.1 Å². The van der Waals surface area contributed by atoms with Crippen LogP contribution in [0.2, 0.25) is 0 Å². The Balaban J connectivity index is 2.18. The van der Waals surface area contributed by atoms with Gasteiger partial charge in [0.1, 0.15) is 5.60 Å². The largest absolute Gasteiger partial charge is 0.444 e. The lowest BCUT2D eigenvalue weighted by Gasteiger charge is -2.32. The zero-order chi connectivity index (χ0) is 12.7. The second kappa shape index (κ2) is 3.89. The number of carbonyl (C=O) groups excluding carboxylic acids is 1. The van der Waals surface area contributed by atoms with E-state index < -0.39 is 11.1 Å². The van der Waals surface area contributed by atoms with Crippen LogP contribution < -0.4 is 0 Å². The predicted octanol–water partition coefficient (Wildman–Crippen LogP) is 2.38. The van der Waals surface area contributed by atoms with Crippen LogP contribution in [0.15, 0.2) is 5.16 Å². The molecular formula is C12H20N2O3. The predicted molar refractivity (Wildman–Crippen MR) is 63.3 cm³/mol. The Hall–Kier alpha value is -1.26. The molecule has 0 aliphatic carbocycles. The summed E-state index contributed by atoms with van der Waals surface area (Å²) >= 11 is 0. The van der Waals surface area contributed by atoms with Crippen molar-refractivity contribution in [2.24, 2.45) is 5.16 Å². The molecule has 5 nitrogen and oxygen atoms in total. The molecule has 0 aromatic carbocycles. The van der Waals surface area contributed by atoms with E-state index in [1.54, 1.807) is 4.90 Å². The van der Waals surface area contributed by atoms with E-state index in [2.05, 4.69) is 5.16 Å². The number of hydrogen-bond donors (Lipinski definition) is 1. The van der Waals surface area contributed by atoms with E-state index in [0.29, 0.717) is 0 Å². The third-order valence-electron chi connectivity index (χ3n) is 3.55. The highest BCUT2D eigenvalue weighted by molar-refractivity contribution is 5.81. The monoisotopic (exact) mass is 240 g/mol. The molecule has 96 valence electrons. The van der Waals surface area contributed by atoms with Crippen LogP contribution in [-0.2, 0) is 4.74 Å². The van der Waals surface area contributed by atoms with Crippen LogP contribution in [0.1, 0.15) is 46.5 Å². The van der Waals surface area contributed by atoms with Gasteiger partial charge in [-0.25, -0.2) is 4.79 Å². The molecule has 2 aliphatic heterocycles. The van der Waals surface area contributed by atoms with Crippen molar-refractivity contribution in [3.63, 3.8) is 0 Å². The first-order chi connectivity index (χ1) is 7.88. The number of oxime groups is 1. The van der Waals surface area contributed by atoms with E-state index in [1.807, 2.05) is 20.8 Å². The number of carbonyl (C=O) groups is 1. The molecule has 0 aromatic heterocycles. The summed E-state index contributed by atoms with van der Waals surface area (Å²) in [7, 11) is 0. The van der Waals surface area contributed by atoms with Crippen molar-refractivity contribution in [2.75, 3.05) is 0 Å². The van der Waals surface area contributed by atoms with Gasteiger partial charge in [-0.15, -0.1) is 0 Å². The molecule has 2 saturated heterocycles. The molecule has 0 unspecified atom stereocenters. The zero-order valence-electron chi connectivity index (χ0n) is 10.6. The molecule has 0 saturated carbocycles. The average molecular weight is 240 g/mol. The van der Waals surface area contributed by atoms with Gasteiger partial charge in [-0.2, -0.15) is 0 Å². The maximum atomic E-state index is 12.2. The van der Waals surface area contributed by atoms with Crippen LogP contribution >= 0.6 is 0 Å². The molecule has 17 heavy (non-hydrogen) atoms. The number of ether oxygens (including phenoxy) is 1. The fourth-order valence-electron chi connectivity index (χ4n) is 2.91. The van der Waals surface area contributed by atoms with E-state index in [9.17, 15) is 4.79 Å². The van der Waals surface area contributed by atoms with Crippen molar-refractivity contribution in [3.8, 4) is 0 Å². The molecule has 2 fully saturated rings. The number of fused-ring (bicyclic) bond motifs is 2. The van der Waals surface area contributed by atoms with Gasteiger partial charge in [-0.05, 0) is 46.5 Å². The normalized spacial score (nSPS) is 32.4. The van der Waals surface area contributed by atoms with Gasteiger partial charge in [-0.3, -0.25) is 4.90 Å². The molecule has 1 N–H and O–H groups in total. The maximum Gasteiger partial charge on any atom is 0.411 e. The lowest BCUT2D eigenvalue weighted by atomic mass is 9.89. The molecule has 0 spiro atoms. The van der Waals surface area contributed by atoms with Crippen LogP contribution in [0.4, 0.5) is 4.79 Å². The van der Waals surface area contributed by atoms with Crippen LogP contribution in [-0.4, -0.2) is 39.6 Å². The SMILES string of the molecule is CC(C)(C)OC(=O)N1C2CCC1(C=NO)CC2. The number of amides is 1. The minimum atomic E-state index is -0.489.